The van der Waals surface area contributed by atoms with Crippen LogP contribution in [0.2, 0.25) is 0 Å². The Balaban J connectivity index is 7.05. The van der Waals surface area contributed by atoms with Gasteiger partial charge in [-0.3, -0.25) is 19.2 Å². The zero-order valence-electron chi connectivity index (χ0n) is 42.5. The molecule has 0 aromatic carbocycles. The molecular formula is C52H94O13. The molecule has 0 saturated carbocycles. The summed E-state index contributed by atoms with van der Waals surface area (Å²) in [7, 11) is 0. The fourth-order valence-corrected chi connectivity index (χ4v) is 7.85. The molecule has 0 bridgehead atoms. The molecule has 0 radical (unpaired) electrons. The van der Waals surface area contributed by atoms with Gasteiger partial charge < -0.3 is 33.5 Å². The second-order valence-electron chi connectivity index (χ2n) is 18.5. The van der Waals surface area contributed by atoms with Gasteiger partial charge in [-0.15, -0.1) is 0 Å². The molecule has 0 aliphatic carbocycles. The molecule has 2 unspecified atom stereocenters. The molecule has 13 heteroatoms. The average Bonchev–Trinajstić information content (AvgIpc) is 3.27. The van der Waals surface area contributed by atoms with Gasteiger partial charge in [-0.2, -0.15) is 9.78 Å². The largest absolute Gasteiger partial charge is 0.465 e. The van der Waals surface area contributed by atoms with Crippen molar-refractivity contribution < 1.29 is 62.4 Å². The van der Waals surface area contributed by atoms with Crippen LogP contribution in [-0.2, 0) is 62.4 Å². The van der Waals surface area contributed by atoms with Crippen LogP contribution in [0.25, 0.3) is 0 Å². The molecule has 65 heavy (non-hydrogen) atoms. The Hall–Kier alpha value is -3.16. The summed E-state index contributed by atoms with van der Waals surface area (Å²) in [6.07, 6.45) is 17.8. The number of ether oxygens (including phenoxy) is 5. The van der Waals surface area contributed by atoms with Crippen LogP contribution in [0.4, 0.5) is 0 Å². The maximum absolute atomic E-state index is 13.3. The van der Waals surface area contributed by atoms with E-state index in [0.717, 1.165) is 83.5 Å². The number of allylic oxidation sites excluding steroid dienone is 2. The van der Waals surface area contributed by atoms with Crippen molar-refractivity contribution in [2.75, 3.05) is 52.9 Å². The Labute approximate surface area is 394 Å². The second kappa shape index (κ2) is 40.0. The number of esters is 4. The van der Waals surface area contributed by atoms with E-state index >= 15 is 0 Å². The first kappa shape index (κ1) is 61.8. The van der Waals surface area contributed by atoms with Gasteiger partial charge in [-0.1, -0.05) is 132 Å². The summed E-state index contributed by atoms with van der Waals surface area (Å²) in [5.41, 5.74) is -1.99. The zero-order chi connectivity index (χ0) is 48.6. The molecule has 0 aliphatic heterocycles. The highest BCUT2D eigenvalue weighted by atomic mass is 17.2. The second-order valence-corrected chi connectivity index (χ2v) is 18.5. The third-order valence-corrected chi connectivity index (χ3v) is 11.2. The summed E-state index contributed by atoms with van der Waals surface area (Å²) in [4.78, 5) is 74.1. The van der Waals surface area contributed by atoms with Crippen LogP contribution in [0, 0.1) is 22.7 Å². The van der Waals surface area contributed by atoms with E-state index in [-0.39, 0.29) is 94.6 Å². The third-order valence-electron chi connectivity index (χ3n) is 11.2. The van der Waals surface area contributed by atoms with E-state index in [2.05, 4.69) is 54.7 Å². The highest BCUT2D eigenvalue weighted by Crippen LogP contribution is 2.39. The standard InChI is InChI=1S/C52H94O13/c1-11-17-21-25-29-47(53)58-39-51(35-43(7)33-45(9)64-62-15-5,36-44(8)34-46(10)65-63-16-6)37-57-38-52(40-59-48(54)30-26-22-18-12-2,41-60-49(55)31-27-23-19-13-3)42-61-50(56)32-28-24-20-14-4/h43-44H,9-42H2,1-8H3. The molecule has 0 saturated heterocycles. The van der Waals surface area contributed by atoms with Gasteiger partial charge in [0.15, 0.2) is 0 Å². The van der Waals surface area contributed by atoms with E-state index in [1.54, 1.807) is 0 Å². The molecule has 380 valence electrons. The molecule has 0 aliphatic rings. The SMILES string of the molecule is C=C(CC(C)CC(COCC(COC(=O)CCCCCC)(COC(=O)CCCCCC)COC(=O)CCCCCC)(COC(=O)CCCCCC)CC(C)CC(=C)OOCC)OOCC. The molecule has 0 rings (SSSR count). The fraction of sp³-hybridized carbons (Fsp3) is 0.846. The number of rotatable bonds is 46. The quantitative estimate of drug-likeness (QED) is 0.0142. The van der Waals surface area contributed by atoms with Crippen molar-refractivity contribution in [3.05, 3.63) is 24.7 Å². The van der Waals surface area contributed by atoms with Gasteiger partial charge in [0, 0.05) is 43.9 Å². The highest BCUT2D eigenvalue weighted by molar-refractivity contribution is 5.70. The Kier molecular flexibility index (Phi) is 38.0. The number of hydrogen-bond acceptors (Lipinski definition) is 13. The van der Waals surface area contributed by atoms with E-state index in [4.69, 9.17) is 43.2 Å². The van der Waals surface area contributed by atoms with E-state index in [1.165, 1.54) is 0 Å². The first-order valence-corrected chi connectivity index (χ1v) is 25.4. The van der Waals surface area contributed by atoms with E-state index in [0.29, 0.717) is 76.1 Å². The van der Waals surface area contributed by atoms with Crippen LogP contribution in [-0.4, -0.2) is 76.7 Å². The van der Waals surface area contributed by atoms with Crippen LogP contribution in [0.15, 0.2) is 24.7 Å². The minimum Gasteiger partial charge on any atom is -0.465 e. The molecule has 0 heterocycles. The number of unbranched alkanes of at least 4 members (excludes halogenated alkanes) is 12. The van der Waals surface area contributed by atoms with Crippen molar-refractivity contribution in [1.29, 1.82) is 0 Å². The molecular weight excluding hydrogens is 833 g/mol. The third kappa shape index (κ3) is 33.9. The van der Waals surface area contributed by atoms with Crippen LogP contribution in [0.5, 0.6) is 0 Å². The highest BCUT2D eigenvalue weighted by Gasteiger charge is 2.40. The lowest BCUT2D eigenvalue weighted by molar-refractivity contribution is -0.261. The zero-order valence-corrected chi connectivity index (χ0v) is 42.5. The lowest BCUT2D eigenvalue weighted by atomic mass is 9.73. The van der Waals surface area contributed by atoms with Gasteiger partial charge in [-0.25, -0.2) is 0 Å². The van der Waals surface area contributed by atoms with Crippen LogP contribution >= 0.6 is 0 Å². The summed E-state index contributed by atoms with van der Waals surface area (Å²) in [5, 5.41) is 0. The van der Waals surface area contributed by atoms with E-state index in [9.17, 15) is 19.2 Å². The first-order chi connectivity index (χ1) is 31.2. The summed E-state index contributed by atoms with van der Waals surface area (Å²) in [6, 6.07) is 0. The molecule has 0 amide bonds. The lowest BCUT2D eigenvalue weighted by Gasteiger charge is -2.39. The molecule has 0 aromatic rings. The monoisotopic (exact) mass is 927 g/mol. The molecule has 0 fully saturated rings. The molecule has 0 aromatic heterocycles. The summed E-state index contributed by atoms with van der Waals surface area (Å²) in [6.45, 7) is 24.6. The van der Waals surface area contributed by atoms with Gasteiger partial charge in [0.1, 0.15) is 31.3 Å². The van der Waals surface area contributed by atoms with Crippen molar-refractivity contribution >= 4 is 23.9 Å². The number of carbonyl (C=O) groups excluding carboxylic acids is 4. The minimum atomic E-state index is -1.23. The summed E-state index contributed by atoms with van der Waals surface area (Å²) >= 11 is 0. The maximum atomic E-state index is 13.3. The summed E-state index contributed by atoms with van der Waals surface area (Å²) < 4.78 is 30.7. The normalized spacial score (nSPS) is 13.3. The molecule has 13 nitrogen and oxygen atoms in total. The topological polar surface area (TPSA) is 151 Å². The van der Waals surface area contributed by atoms with Gasteiger partial charge in [0.2, 0.25) is 0 Å². The molecule has 0 spiro atoms. The van der Waals surface area contributed by atoms with Gasteiger partial charge in [0.25, 0.3) is 0 Å². The van der Waals surface area contributed by atoms with E-state index in [1.807, 2.05) is 13.8 Å². The predicted octanol–water partition coefficient (Wildman–Crippen LogP) is 12.8. The Morgan fingerprint density at radius 2 is 0.708 bits per heavy atom. The average molecular weight is 927 g/mol. The number of hydrogen-bond donors (Lipinski definition) is 0. The maximum Gasteiger partial charge on any atom is 0.305 e. The van der Waals surface area contributed by atoms with Gasteiger partial charge >= 0.3 is 23.9 Å². The van der Waals surface area contributed by atoms with Crippen molar-refractivity contribution in [3.8, 4) is 0 Å². The smallest absolute Gasteiger partial charge is 0.305 e. The molecule has 0 N–H and O–H groups in total. The van der Waals surface area contributed by atoms with Crippen molar-refractivity contribution in [3.63, 3.8) is 0 Å². The predicted molar refractivity (Wildman–Crippen MR) is 255 cm³/mol. The first-order valence-electron chi connectivity index (χ1n) is 25.4. The van der Waals surface area contributed by atoms with Crippen molar-refractivity contribution in [2.45, 2.75) is 209 Å². The van der Waals surface area contributed by atoms with E-state index < -0.39 is 10.8 Å². The van der Waals surface area contributed by atoms with Gasteiger partial charge in [-0.05, 0) is 64.2 Å². The fourth-order valence-electron chi connectivity index (χ4n) is 7.85. The van der Waals surface area contributed by atoms with Crippen LogP contribution in [0.3, 0.4) is 0 Å². The van der Waals surface area contributed by atoms with Crippen molar-refractivity contribution in [1.82, 2.24) is 0 Å². The van der Waals surface area contributed by atoms with Crippen molar-refractivity contribution in [2.24, 2.45) is 22.7 Å². The Morgan fingerprint density at radius 3 is 1.00 bits per heavy atom. The summed E-state index contributed by atoms with van der Waals surface area (Å²) in [5.74, 6) is -0.529. The van der Waals surface area contributed by atoms with Gasteiger partial charge in [0.05, 0.1) is 38.4 Å². The Bertz CT molecular complexity index is 1170. The Morgan fingerprint density at radius 1 is 0.415 bits per heavy atom. The van der Waals surface area contributed by atoms with Crippen LogP contribution < -0.4 is 0 Å². The molecule has 2 atom stereocenters. The van der Waals surface area contributed by atoms with Crippen LogP contribution in [0.1, 0.15) is 209 Å². The minimum absolute atomic E-state index is 0.0226. The number of carbonyl (C=O) groups is 4. The lowest BCUT2D eigenvalue weighted by Crippen LogP contribution is -2.45.